The first-order valence-electron chi connectivity index (χ1n) is 16.6. The second kappa shape index (κ2) is 35.1. The van der Waals surface area contributed by atoms with Crippen LogP contribution in [0.3, 0.4) is 0 Å². The molecule has 0 fully saturated rings. The molecule has 0 saturated carbocycles. The summed E-state index contributed by atoms with van der Waals surface area (Å²) in [5, 5.41) is 2.64. The van der Waals surface area contributed by atoms with Gasteiger partial charge in [-0.15, -0.1) is 0 Å². The summed E-state index contributed by atoms with van der Waals surface area (Å²) in [5.41, 5.74) is 1.30. The highest BCUT2D eigenvalue weighted by molar-refractivity contribution is 5.86. The summed E-state index contributed by atoms with van der Waals surface area (Å²) in [6.45, 7) is 15.0. The van der Waals surface area contributed by atoms with Crippen LogP contribution in [-0.4, -0.2) is 157 Å². The smallest absolute Gasteiger partial charge is 0.407 e. The third-order valence-electron chi connectivity index (χ3n) is 5.89. The summed E-state index contributed by atoms with van der Waals surface area (Å²) in [6, 6.07) is 9.49. The maximum Gasteiger partial charge on any atom is 0.407 e. The van der Waals surface area contributed by atoms with E-state index < -0.39 is 12.1 Å². The molecule has 0 heterocycles. The zero-order valence-corrected chi connectivity index (χ0v) is 29.1. The Bertz CT molecular complexity index is 908. The number of benzene rings is 1. The molecule has 0 bridgehead atoms. The molecule has 1 aromatic carbocycles. The number of alkyl carbamates (subject to hydrolysis) is 1. The molecule has 0 radical (unpaired) electrons. The highest BCUT2D eigenvalue weighted by Crippen LogP contribution is 2.00. The van der Waals surface area contributed by atoms with E-state index in [-0.39, 0.29) is 13.2 Å². The first-order chi connectivity index (χ1) is 24.1. The summed E-state index contributed by atoms with van der Waals surface area (Å²) in [6.07, 6.45) is -0.473. The van der Waals surface area contributed by atoms with E-state index in [0.29, 0.717) is 144 Å². The van der Waals surface area contributed by atoms with E-state index in [1.165, 1.54) is 0 Å². The first kappa shape index (κ1) is 44.3. The van der Waals surface area contributed by atoms with Gasteiger partial charge < -0.3 is 62.2 Å². The van der Waals surface area contributed by atoms with Crippen molar-refractivity contribution < 1.29 is 66.4 Å². The maximum absolute atomic E-state index is 11.6. The highest BCUT2D eigenvalue weighted by Gasteiger charge is 2.03. The van der Waals surface area contributed by atoms with Crippen LogP contribution in [0.5, 0.6) is 0 Å². The average molecular weight is 704 g/mol. The number of nitrogens with one attached hydrogen (secondary N) is 1. The van der Waals surface area contributed by atoms with E-state index in [4.69, 9.17) is 56.8 Å². The van der Waals surface area contributed by atoms with Crippen molar-refractivity contribution in [2.75, 3.05) is 145 Å². The van der Waals surface area contributed by atoms with E-state index in [1.807, 2.05) is 30.3 Å². The van der Waals surface area contributed by atoms with Gasteiger partial charge in [-0.2, -0.15) is 0 Å². The van der Waals surface area contributed by atoms with Gasteiger partial charge in [0.05, 0.1) is 132 Å². The van der Waals surface area contributed by atoms with Gasteiger partial charge in [-0.3, -0.25) is 0 Å². The lowest BCUT2D eigenvalue weighted by Gasteiger charge is -2.09. The topological polar surface area (TPSA) is 157 Å². The van der Waals surface area contributed by atoms with Gasteiger partial charge in [0.2, 0.25) is 0 Å². The van der Waals surface area contributed by atoms with Crippen LogP contribution in [0.4, 0.5) is 4.79 Å². The zero-order valence-electron chi connectivity index (χ0n) is 29.1. The Morgan fingerprint density at radius 1 is 0.490 bits per heavy atom. The quantitative estimate of drug-likeness (QED) is 0.0616. The van der Waals surface area contributed by atoms with E-state index in [9.17, 15) is 9.59 Å². The lowest BCUT2D eigenvalue weighted by Crippen LogP contribution is -2.28. The van der Waals surface area contributed by atoms with Crippen molar-refractivity contribution in [3.05, 3.63) is 48.0 Å². The van der Waals surface area contributed by atoms with Gasteiger partial charge in [0.15, 0.2) is 0 Å². The molecule has 0 unspecified atom stereocenters. The molecule has 0 spiro atoms. The van der Waals surface area contributed by atoms with E-state index in [2.05, 4.69) is 11.9 Å². The summed E-state index contributed by atoms with van der Waals surface area (Å²) < 4.78 is 64.3. The van der Waals surface area contributed by atoms with Crippen molar-refractivity contribution in [2.24, 2.45) is 0 Å². The minimum Gasteiger partial charge on any atom is -0.460 e. The monoisotopic (exact) mass is 703 g/mol. The van der Waals surface area contributed by atoms with Crippen molar-refractivity contribution in [3.63, 3.8) is 0 Å². The Labute approximate surface area is 290 Å². The van der Waals surface area contributed by atoms with E-state index in [1.54, 1.807) is 6.92 Å². The molecule has 0 saturated heterocycles. The predicted molar refractivity (Wildman–Crippen MR) is 179 cm³/mol. The van der Waals surface area contributed by atoms with E-state index >= 15 is 0 Å². The van der Waals surface area contributed by atoms with Crippen LogP contribution in [0.15, 0.2) is 42.5 Å². The van der Waals surface area contributed by atoms with Crippen LogP contribution in [-0.2, 0) is 68.2 Å². The second-order valence-corrected chi connectivity index (χ2v) is 10.0. The van der Waals surface area contributed by atoms with Gasteiger partial charge in [-0.1, -0.05) is 36.9 Å². The Morgan fingerprint density at radius 2 is 0.816 bits per heavy atom. The number of hydrogen-bond acceptors (Lipinski definition) is 14. The molecule has 15 nitrogen and oxygen atoms in total. The molecule has 0 aliphatic heterocycles. The normalized spacial score (nSPS) is 11.0. The second-order valence-electron chi connectivity index (χ2n) is 10.0. The number of esters is 1. The molecule has 0 aromatic heterocycles. The van der Waals surface area contributed by atoms with Gasteiger partial charge >= 0.3 is 12.1 Å². The molecule has 49 heavy (non-hydrogen) atoms. The minimum atomic E-state index is -0.473. The van der Waals surface area contributed by atoms with Crippen LogP contribution in [0, 0.1) is 0 Å². The SMILES string of the molecule is C=C(C)C(=O)OCCOCCOCCOCCOCCOCCOCCOCCOCCOCCOCCNC(=O)OCc1ccccc1. The van der Waals surface area contributed by atoms with Crippen molar-refractivity contribution in [1.82, 2.24) is 5.32 Å². The molecular weight excluding hydrogens is 646 g/mol. The highest BCUT2D eigenvalue weighted by atomic mass is 16.6. The molecule has 0 aliphatic rings. The first-order valence-corrected chi connectivity index (χ1v) is 16.6. The summed E-state index contributed by atoms with van der Waals surface area (Å²) in [5.74, 6) is -0.417. The summed E-state index contributed by atoms with van der Waals surface area (Å²) >= 11 is 0. The van der Waals surface area contributed by atoms with Gasteiger partial charge in [0.1, 0.15) is 13.2 Å². The molecule has 15 heteroatoms. The Kier molecular flexibility index (Phi) is 31.8. The molecule has 1 aromatic rings. The molecule has 0 aliphatic carbocycles. The third-order valence-corrected chi connectivity index (χ3v) is 5.89. The maximum atomic E-state index is 11.6. The predicted octanol–water partition coefficient (Wildman–Crippen LogP) is 2.20. The number of ether oxygens (including phenoxy) is 12. The molecule has 1 amide bonds. The van der Waals surface area contributed by atoms with Crippen LogP contribution in [0.2, 0.25) is 0 Å². The lowest BCUT2D eigenvalue weighted by molar-refractivity contribution is -0.140. The molecule has 1 rings (SSSR count). The van der Waals surface area contributed by atoms with Gasteiger partial charge in [0, 0.05) is 12.1 Å². The summed E-state index contributed by atoms with van der Waals surface area (Å²) in [7, 11) is 0. The van der Waals surface area contributed by atoms with E-state index in [0.717, 1.165) is 5.56 Å². The number of amides is 1. The lowest BCUT2D eigenvalue weighted by atomic mass is 10.2. The van der Waals surface area contributed by atoms with Crippen molar-refractivity contribution in [2.45, 2.75) is 13.5 Å². The number of hydrogen-bond donors (Lipinski definition) is 1. The number of carbonyl (C=O) groups is 2. The molecule has 1 N–H and O–H groups in total. The van der Waals surface area contributed by atoms with Crippen LogP contribution >= 0.6 is 0 Å². The minimum absolute atomic E-state index is 0.194. The summed E-state index contributed by atoms with van der Waals surface area (Å²) in [4.78, 5) is 22.8. The number of rotatable bonds is 36. The Hall–Kier alpha value is -2.70. The van der Waals surface area contributed by atoms with Crippen molar-refractivity contribution in [3.8, 4) is 0 Å². The zero-order chi connectivity index (χ0) is 35.3. The fraction of sp³-hybridized carbons (Fsp3) is 0.706. The van der Waals surface area contributed by atoms with Gasteiger partial charge in [-0.05, 0) is 12.5 Å². The van der Waals surface area contributed by atoms with Crippen LogP contribution in [0.25, 0.3) is 0 Å². The standard InChI is InChI=1S/C34H57NO14/c1-31(2)33(36)48-29-28-47-27-26-46-25-24-45-23-22-44-21-20-43-19-18-42-17-16-41-15-14-40-13-12-39-11-10-38-9-8-35-34(37)49-30-32-6-4-3-5-7-32/h3-7H,1,8-30H2,2H3,(H,35,37). The fourth-order valence-corrected chi connectivity index (χ4v) is 3.40. The Balaban J connectivity index is 1.64. The average Bonchev–Trinajstić information content (AvgIpc) is 3.11. The van der Waals surface area contributed by atoms with Gasteiger partial charge in [-0.25, -0.2) is 9.59 Å². The molecular formula is C34H57NO14. The van der Waals surface area contributed by atoms with Crippen LogP contribution < -0.4 is 5.32 Å². The fourth-order valence-electron chi connectivity index (χ4n) is 3.40. The van der Waals surface area contributed by atoms with Crippen molar-refractivity contribution in [1.29, 1.82) is 0 Å². The Morgan fingerprint density at radius 3 is 1.16 bits per heavy atom. The number of carbonyl (C=O) groups excluding carboxylic acids is 2. The van der Waals surface area contributed by atoms with Crippen LogP contribution in [0.1, 0.15) is 12.5 Å². The van der Waals surface area contributed by atoms with Gasteiger partial charge in [0.25, 0.3) is 0 Å². The third kappa shape index (κ3) is 32.3. The van der Waals surface area contributed by atoms with Crippen molar-refractivity contribution >= 4 is 12.1 Å². The molecule has 0 atom stereocenters. The molecule has 282 valence electrons. The largest absolute Gasteiger partial charge is 0.460 e.